The van der Waals surface area contributed by atoms with Crippen molar-refractivity contribution in [3.05, 3.63) is 35.5 Å². The molecular formula is C22H32N4O2. The van der Waals surface area contributed by atoms with E-state index < -0.39 is 0 Å². The molecule has 0 saturated carbocycles. The molecule has 1 aromatic heterocycles. The summed E-state index contributed by atoms with van der Waals surface area (Å²) in [4.78, 5) is 10.3. The second-order valence-electron chi connectivity index (χ2n) is 7.64. The average molecular weight is 385 g/mol. The summed E-state index contributed by atoms with van der Waals surface area (Å²) in [6.07, 6.45) is 6.79. The Labute approximate surface area is 167 Å². The van der Waals surface area contributed by atoms with Gasteiger partial charge in [0.15, 0.2) is 5.96 Å². The number of guanidine groups is 1. The highest BCUT2D eigenvalue weighted by Gasteiger charge is 2.32. The van der Waals surface area contributed by atoms with E-state index in [0.717, 1.165) is 64.5 Å². The molecule has 2 aliphatic heterocycles. The fraction of sp³-hybridized carbons (Fsp3) is 0.591. The highest BCUT2D eigenvalue weighted by atomic mass is 16.5. The number of aromatic nitrogens is 1. The normalized spacial score (nSPS) is 23.5. The van der Waals surface area contributed by atoms with Crippen molar-refractivity contribution < 1.29 is 9.47 Å². The van der Waals surface area contributed by atoms with E-state index in [2.05, 4.69) is 51.5 Å². The third kappa shape index (κ3) is 4.03. The molecule has 0 aliphatic carbocycles. The summed E-state index contributed by atoms with van der Waals surface area (Å²) in [5.41, 5.74) is 4.01. The number of H-pyrrole nitrogens is 1. The lowest BCUT2D eigenvalue weighted by Crippen LogP contribution is -2.53. The van der Waals surface area contributed by atoms with Crippen LogP contribution in [0.3, 0.4) is 0 Å². The van der Waals surface area contributed by atoms with E-state index in [4.69, 9.17) is 9.47 Å². The topological polar surface area (TPSA) is 61.9 Å². The molecule has 2 fully saturated rings. The van der Waals surface area contributed by atoms with Gasteiger partial charge >= 0.3 is 0 Å². The van der Waals surface area contributed by atoms with E-state index in [1.807, 2.05) is 7.05 Å². The summed E-state index contributed by atoms with van der Waals surface area (Å²) < 4.78 is 11.8. The second kappa shape index (κ2) is 8.97. The maximum atomic E-state index is 5.97. The molecule has 2 aliphatic rings. The number of nitrogens with one attached hydrogen (secondary N) is 2. The number of para-hydroxylation sites is 1. The Morgan fingerprint density at radius 2 is 2.14 bits per heavy atom. The first-order chi connectivity index (χ1) is 13.8. The zero-order valence-corrected chi connectivity index (χ0v) is 17.0. The summed E-state index contributed by atoms with van der Waals surface area (Å²) >= 11 is 0. The molecule has 4 rings (SSSR count). The van der Waals surface area contributed by atoms with Gasteiger partial charge in [-0.1, -0.05) is 25.1 Å². The second-order valence-corrected chi connectivity index (χ2v) is 7.64. The van der Waals surface area contributed by atoms with Crippen LogP contribution in [0.4, 0.5) is 0 Å². The predicted octanol–water partition coefficient (Wildman–Crippen LogP) is 2.73. The van der Waals surface area contributed by atoms with Crippen LogP contribution < -0.4 is 5.32 Å². The molecular weight excluding hydrogens is 352 g/mol. The number of hydrogen-bond acceptors (Lipinski definition) is 3. The van der Waals surface area contributed by atoms with Crippen LogP contribution in [0.15, 0.2) is 29.4 Å². The highest BCUT2D eigenvalue weighted by Crippen LogP contribution is 2.23. The summed E-state index contributed by atoms with van der Waals surface area (Å²) in [5, 5.41) is 4.88. The molecule has 2 N–H and O–H groups in total. The number of rotatable bonds is 5. The highest BCUT2D eigenvalue weighted by molar-refractivity contribution is 5.86. The fourth-order valence-electron chi connectivity index (χ4n) is 4.41. The van der Waals surface area contributed by atoms with Gasteiger partial charge < -0.3 is 24.7 Å². The molecule has 6 nitrogen and oxygen atoms in total. The summed E-state index contributed by atoms with van der Waals surface area (Å²) in [7, 11) is 1.86. The quantitative estimate of drug-likeness (QED) is 0.615. The Balaban J connectivity index is 1.34. The van der Waals surface area contributed by atoms with E-state index in [0.29, 0.717) is 0 Å². The van der Waals surface area contributed by atoms with Crippen LogP contribution in [0.5, 0.6) is 0 Å². The third-order valence-electron chi connectivity index (χ3n) is 5.93. The molecule has 0 amide bonds. The van der Waals surface area contributed by atoms with Crippen LogP contribution in [0.2, 0.25) is 0 Å². The number of benzene rings is 1. The van der Waals surface area contributed by atoms with Crippen molar-refractivity contribution in [3.63, 3.8) is 0 Å². The van der Waals surface area contributed by atoms with Gasteiger partial charge in [0, 0.05) is 50.4 Å². The van der Waals surface area contributed by atoms with Gasteiger partial charge in [-0.3, -0.25) is 4.99 Å². The zero-order valence-electron chi connectivity index (χ0n) is 17.0. The van der Waals surface area contributed by atoms with Crippen LogP contribution in [0.25, 0.3) is 10.9 Å². The van der Waals surface area contributed by atoms with Crippen LogP contribution in [0, 0.1) is 0 Å². The van der Waals surface area contributed by atoms with Gasteiger partial charge in [0.05, 0.1) is 12.7 Å². The lowest BCUT2D eigenvalue weighted by molar-refractivity contribution is -0.0816. The molecule has 2 unspecified atom stereocenters. The molecule has 0 radical (unpaired) electrons. The number of hydrogen-bond donors (Lipinski definition) is 2. The number of nitrogens with zero attached hydrogens (tertiary/aromatic N) is 2. The van der Waals surface area contributed by atoms with Crippen LogP contribution in [-0.2, 0) is 22.3 Å². The van der Waals surface area contributed by atoms with E-state index >= 15 is 0 Å². The third-order valence-corrected chi connectivity index (χ3v) is 5.93. The summed E-state index contributed by atoms with van der Waals surface area (Å²) in [6.45, 7) is 6.37. The molecule has 2 atom stereocenters. The number of aliphatic imine (C=N–C) groups is 1. The van der Waals surface area contributed by atoms with E-state index in [9.17, 15) is 0 Å². The van der Waals surface area contributed by atoms with Gasteiger partial charge in [0.2, 0.25) is 0 Å². The lowest BCUT2D eigenvalue weighted by Gasteiger charge is -2.37. The fourth-order valence-corrected chi connectivity index (χ4v) is 4.41. The SMILES string of the molecule is CCc1cccc2c(CCNC(=NC)N3CCOC(C4CCCO4)C3)c[nH]c12. The lowest BCUT2D eigenvalue weighted by atomic mass is 10.1. The molecule has 2 aromatic rings. The Hall–Kier alpha value is -2.05. The maximum absolute atomic E-state index is 5.97. The van der Waals surface area contributed by atoms with Crippen molar-refractivity contribution in [2.75, 3.05) is 39.9 Å². The van der Waals surface area contributed by atoms with E-state index in [1.165, 1.54) is 22.0 Å². The van der Waals surface area contributed by atoms with Crippen LogP contribution >= 0.6 is 0 Å². The van der Waals surface area contributed by atoms with Gasteiger partial charge in [0.25, 0.3) is 0 Å². The van der Waals surface area contributed by atoms with Crippen molar-refractivity contribution in [2.24, 2.45) is 4.99 Å². The summed E-state index contributed by atoms with van der Waals surface area (Å²) in [6, 6.07) is 6.57. The van der Waals surface area contributed by atoms with Crippen molar-refractivity contribution in [2.45, 2.75) is 44.8 Å². The van der Waals surface area contributed by atoms with Crippen molar-refractivity contribution >= 4 is 16.9 Å². The maximum Gasteiger partial charge on any atom is 0.193 e. The Morgan fingerprint density at radius 3 is 2.93 bits per heavy atom. The molecule has 1 aromatic carbocycles. The summed E-state index contributed by atoms with van der Waals surface area (Å²) in [5.74, 6) is 0.959. The number of morpholine rings is 1. The molecule has 28 heavy (non-hydrogen) atoms. The molecule has 0 spiro atoms. The zero-order chi connectivity index (χ0) is 19.3. The predicted molar refractivity (Wildman–Crippen MR) is 113 cm³/mol. The minimum absolute atomic E-state index is 0.149. The van der Waals surface area contributed by atoms with Crippen LogP contribution in [-0.4, -0.2) is 67.9 Å². The largest absolute Gasteiger partial charge is 0.375 e. The van der Waals surface area contributed by atoms with E-state index in [1.54, 1.807) is 0 Å². The molecule has 6 heteroatoms. The first-order valence-electron chi connectivity index (χ1n) is 10.6. The van der Waals surface area contributed by atoms with Crippen molar-refractivity contribution in [1.29, 1.82) is 0 Å². The van der Waals surface area contributed by atoms with Gasteiger partial charge in [-0.25, -0.2) is 0 Å². The van der Waals surface area contributed by atoms with Crippen LogP contribution in [0.1, 0.15) is 30.9 Å². The number of fused-ring (bicyclic) bond motifs is 1. The number of aromatic amines is 1. The molecule has 152 valence electrons. The van der Waals surface area contributed by atoms with Gasteiger partial charge in [-0.2, -0.15) is 0 Å². The van der Waals surface area contributed by atoms with Crippen molar-refractivity contribution in [1.82, 2.24) is 15.2 Å². The smallest absolute Gasteiger partial charge is 0.193 e. The first kappa shape index (κ1) is 19.3. The number of aryl methyl sites for hydroxylation is 1. The minimum Gasteiger partial charge on any atom is -0.375 e. The monoisotopic (exact) mass is 384 g/mol. The Morgan fingerprint density at radius 1 is 1.25 bits per heavy atom. The van der Waals surface area contributed by atoms with Gasteiger partial charge in [-0.15, -0.1) is 0 Å². The molecule has 2 saturated heterocycles. The number of ether oxygens (including phenoxy) is 2. The Kier molecular flexibility index (Phi) is 6.17. The Bertz CT molecular complexity index is 810. The minimum atomic E-state index is 0.149. The molecule has 3 heterocycles. The first-order valence-corrected chi connectivity index (χ1v) is 10.6. The van der Waals surface area contributed by atoms with Crippen molar-refractivity contribution in [3.8, 4) is 0 Å². The van der Waals surface area contributed by atoms with Gasteiger partial charge in [0.1, 0.15) is 6.10 Å². The standard InChI is InChI=1S/C22H32N4O2/c1-3-16-6-4-7-18-17(14-25-21(16)18)9-10-24-22(23-2)26-11-13-28-20(15-26)19-8-5-12-27-19/h4,6-7,14,19-20,25H,3,5,8-13,15H2,1-2H3,(H,23,24). The van der Waals surface area contributed by atoms with Gasteiger partial charge in [-0.05, 0) is 36.8 Å². The molecule has 0 bridgehead atoms. The van der Waals surface area contributed by atoms with E-state index in [-0.39, 0.29) is 12.2 Å². The average Bonchev–Trinajstić information content (AvgIpc) is 3.41.